The van der Waals surface area contributed by atoms with Crippen LogP contribution in [0, 0.1) is 0 Å². The Labute approximate surface area is 129 Å². The number of aliphatic hydroxyl groups is 1. The van der Waals surface area contributed by atoms with Crippen LogP contribution in [0.15, 0.2) is 0 Å². The molecule has 1 heterocycles. The Morgan fingerprint density at radius 2 is 2.05 bits per heavy atom. The molecule has 118 valence electrons. The van der Waals surface area contributed by atoms with Gasteiger partial charge in [0.25, 0.3) is 5.79 Å². The number of halogens is 4. The quantitative estimate of drug-likeness (QED) is 0.442. The van der Waals surface area contributed by atoms with Crippen molar-refractivity contribution in [3.8, 4) is 0 Å². The zero-order chi connectivity index (χ0) is 15.8. The van der Waals surface area contributed by atoms with Gasteiger partial charge in [-0.1, -0.05) is 29.5 Å². The van der Waals surface area contributed by atoms with E-state index in [0.29, 0.717) is 6.42 Å². The summed E-state index contributed by atoms with van der Waals surface area (Å²) >= 11 is 1.90. The fourth-order valence-corrected chi connectivity index (χ4v) is 1.94. The molecule has 0 aliphatic carbocycles. The van der Waals surface area contributed by atoms with E-state index in [2.05, 4.69) is 4.74 Å². The second-order valence-electron chi connectivity index (χ2n) is 5.45. The molecule has 0 amide bonds. The van der Waals surface area contributed by atoms with Gasteiger partial charge in [-0.2, -0.15) is 13.2 Å². The molecular formula is C12H18F3IO4. The number of carbonyl (C=O) groups excluding carboxylic acids is 1. The summed E-state index contributed by atoms with van der Waals surface area (Å²) in [4.78, 5) is 12.0. The van der Waals surface area contributed by atoms with Crippen LogP contribution in [0.4, 0.5) is 13.2 Å². The van der Waals surface area contributed by atoms with Crippen LogP contribution >= 0.6 is 22.6 Å². The zero-order valence-corrected chi connectivity index (χ0v) is 13.7. The summed E-state index contributed by atoms with van der Waals surface area (Å²) in [6, 6.07) is 0. The van der Waals surface area contributed by atoms with E-state index in [0.717, 1.165) is 0 Å². The van der Waals surface area contributed by atoms with Gasteiger partial charge in [0, 0.05) is 6.42 Å². The molecule has 1 saturated heterocycles. The van der Waals surface area contributed by atoms with Gasteiger partial charge in [-0.3, -0.25) is 4.79 Å². The highest BCUT2D eigenvalue weighted by atomic mass is 127. The Morgan fingerprint density at radius 1 is 1.50 bits per heavy atom. The van der Waals surface area contributed by atoms with Crippen LogP contribution in [-0.2, 0) is 14.3 Å². The maximum absolute atomic E-state index is 12.8. The lowest BCUT2D eigenvalue weighted by atomic mass is 9.89. The SMILES string of the molecule is CCC(C)(I)C(=O)OC1(C)CCOC(O)(C(F)(F)F)C1. The Morgan fingerprint density at radius 3 is 2.50 bits per heavy atom. The lowest BCUT2D eigenvalue weighted by Crippen LogP contribution is -2.58. The maximum Gasteiger partial charge on any atom is 0.443 e. The molecule has 0 saturated carbocycles. The lowest BCUT2D eigenvalue weighted by molar-refractivity contribution is -0.391. The first-order valence-corrected chi connectivity index (χ1v) is 7.28. The number of rotatable bonds is 3. The van der Waals surface area contributed by atoms with Crippen molar-refractivity contribution >= 4 is 28.6 Å². The average Bonchev–Trinajstić information content (AvgIpc) is 2.26. The molecule has 3 unspecified atom stereocenters. The third-order valence-corrected chi connectivity index (χ3v) is 4.66. The minimum Gasteiger partial charge on any atom is -0.458 e. The molecule has 20 heavy (non-hydrogen) atoms. The van der Waals surface area contributed by atoms with Gasteiger partial charge in [0.2, 0.25) is 0 Å². The predicted octanol–water partition coefficient (Wildman–Crippen LogP) is 2.95. The standard InChI is InChI=1S/C12H18F3IO4/c1-4-10(3,16)8(17)20-9(2)5-6-19-11(18,7-9)12(13,14)15/h18H,4-7H2,1-3H3. The molecule has 1 fully saturated rings. The molecule has 0 bridgehead atoms. The topological polar surface area (TPSA) is 55.8 Å². The van der Waals surface area contributed by atoms with E-state index < -0.39 is 33.4 Å². The van der Waals surface area contributed by atoms with Gasteiger partial charge in [-0.25, -0.2) is 0 Å². The van der Waals surface area contributed by atoms with Crippen LogP contribution in [0.5, 0.6) is 0 Å². The van der Waals surface area contributed by atoms with Gasteiger partial charge in [-0.05, 0) is 20.3 Å². The van der Waals surface area contributed by atoms with E-state index in [9.17, 15) is 23.1 Å². The summed E-state index contributed by atoms with van der Waals surface area (Å²) in [5.41, 5.74) is -1.40. The molecule has 1 rings (SSSR count). The summed E-state index contributed by atoms with van der Waals surface area (Å²) < 4.78 is 47.3. The fourth-order valence-electron chi connectivity index (χ4n) is 1.83. The van der Waals surface area contributed by atoms with Gasteiger partial charge in [0.05, 0.1) is 13.0 Å². The van der Waals surface area contributed by atoms with Crippen molar-refractivity contribution in [2.75, 3.05) is 6.61 Å². The van der Waals surface area contributed by atoms with Crippen LogP contribution in [0.25, 0.3) is 0 Å². The molecule has 0 aromatic carbocycles. The Hall–Kier alpha value is -0.0900. The maximum atomic E-state index is 12.8. The smallest absolute Gasteiger partial charge is 0.443 e. The van der Waals surface area contributed by atoms with Crippen molar-refractivity contribution in [1.29, 1.82) is 0 Å². The van der Waals surface area contributed by atoms with E-state index in [-0.39, 0.29) is 13.0 Å². The molecule has 0 radical (unpaired) electrons. The molecule has 1 aliphatic heterocycles. The number of ether oxygens (including phenoxy) is 2. The Balaban J connectivity index is 2.87. The average molecular weight is 410 g/mol. The van der Waals surface area contributed by atoms with Gasteiger partial charge >= 0.3 is 12.1 Å². The highest BCUT2D eigenvalue weighted by Crippen LogP contribution is 2.43. The van der Waals surface area contributed by atoms with Crippen LogP contribution in [0.2, 0.25) is 0 Å². The van der Waals surface area contributed by atoms with E-state index >= 15 is 0 Å². The number of esters is 1. The molecule has 1 aliphatic rings. The zero-order valence-electron chi connectivity index (χ0n) is 11.5. The van der Waals surface area contributed by atoms with Crippen LogP contribution in [-0.4, -0.2) is 38.7 Å². The normalized spacial score (nSPS) is 34.4. The highest BCUT2D eigenvalue weighted by Gasteiger charge is 2.61. The summed E-state index contributed by atoms with van der Waals surface area (Å²) in [6.45, 7) is 4.48. The molecule has 0 aromatic rings. The number of hydrogen-bond acceptors (Lipinski definition) is 4. The van der Waals surface area contributed by atoms with Gasteiger partial charge < -0.3 is 14.6 Å². The molecular weight excluding hydrogens is 392 g/mol. The molecule has 8 heteroatoms. The van der Waals surface area contributed by atoms with Crippen molar-refractivity contribution in [3.63, 3.8) is 0 Å². The van der Waals surface area contributed by atoms with Gasteiger partial charge in [0.1, 0.15) is 9.02 Å². The number of alkyl halides is 4. The van der Waals surface area contributed by atoms with Crippen molar-refractivity contribution in [1.82, 2.24) is 0 Å². The first-order chi connectivity index (χ1) is 8.85. The summed E-state index contributed by atoms with van der Waals surface area (Å²) in [5, 5.41) is 9.58. The van der Waals surface area contributed by atoms with Crippen molar-refractivity contribution < 1.29 is 32.5 Å². The largest absolute Gasteiger partial charge is 0.458 e. The van der Waals surface area contributed by atoms with Crippen molar-refractivity contribution in [2.45, 2.75) is 61.0 Å². The molecule has 0 spiro atoms. The predicted molar refractivity (Wildman–Crippen MR) is 73.4 cm³/mol. The molecule has 1 N–H and O–H groups in total. The Kier molecular flexibility index (Phi) is 5.03. The summed E-state index contributed by atoms with van der Waals surface area (Å²) in [5.74, 6) is -3.86. The lowest BCUT2D eigenvalue weighted by Gasteiger charge is -2.43. The van der Waals surface area contributed by atoms with Crippen LogP contribution in [0.1, 0.15) is 40.0 Å². The first kappa shape index (κ1) is 18.0. The third-order valence-electron chi connectivity index (χ3n) is 3.46. The highest BCUT2D eigenvalue weighted by molar-refractivity contribution is 14.1. The summed E-state index contributed by atoms with van der Waals surface area (Å²) in [6.07, 6.45) is -5.17. The van der Waals surface area contributed by atoms with Gasteiger partial charge in [0.15, 0.2) is 0 Å². The van der Waals surface area contributed by atoms with E-state index in [1.165, 1.54) is 6.92 Å². The fraction of sp³-hybridized carbons (Fsp3) is 0.917. The van der Waals surface area contributed by atoms with Gasteiger partial charge in [-0.15, -0.1) is 0 Å². The molecule has 3 atom stereocenters. The molecule has 0 aromatic heterocycles. The van der Waals surface area contributed by atoms with E-state index in [1.54, 1.807) is 13.8 Å². The summed E-state index contributed by atoms with van der Waals surface area (Å²) in [7, 11) is 0. The van der Waals surface area contributed by atoms with E-state index in [1.807, 2.05) is 22.6 Å². The van der Waals surface area contributed by atoms with Crippen molar-refractivity contribution in [2.24, 2.45) is 0 Å². The number of carbonyl (C=O) groups is 1. The minimum absolute atomic E-state index is 0.105. The molecule has 4 nitrogen and oxygen atoms in total. The van der Waals surface area contributed by atoms with E-state index in [4.69, 9.17) is 4.74 Å². The first-order valence-electron chi connectivity index (χ1n) is 6.21. The monoisotopic (exact) mass is 410 g/mol. The second-order valence-corrected chi connectivity index (χ2v) is 7.83. The van der Waals surface area contributed by atoms with Crippen molar-refractivity contribution in [3.05, 3.63) is 0 Å². The second kappa shape index (κ2) is 5.60. The van der Waals surface area contributed by atoms with Crippen LogP contribution < -0.4 is 0 Å². The minimum atomic E-state index is -4.93. The Bertz CT molecular complexity index is 385. The number of hydrogen-bond donors (Lipinski definition) is 1. The van der Waals surface area contributed by atoms with Crippen LogP contribution in [0.3, 0.4) is 0 Å². The third kappa shape index (κ3) is 3.76.